The number of nitrogens with zero attached hydrogens (tertiary/aromatic N) is 3. The molecule has 0 aromatic carbocycles. The summed E-state index contributed by atoms with van der Waals surface area (Å²) in [7, 11) is 0. The van der Waals surface area contributed by atoms with E-state index in [1.165, 1.54) is 32.4 Å². The third-order valence-electron chi connectivity index (χ3n) is 3.99. The number of piperidine rings is 1. The summed E-state index contributed by atoms with van der Waals surface area (Å²) >= 11 is 0. The van der Waals surface area contributed by atoms with Crippen LogP contribution < -0.4 is 10.6 Å². The maximum atomic E-state index is 5.95. The monoisotopic (exact) mass is 232 g/mol. The molecule has 0 aliphatic carbocycles. The third kappa shape index (κ3) is 2.09. The Morgan fingerprint density at radius 2 is 2.18 bits per heavy atom. The number of hydrogen-bond acceptors (Lipinski definition) is 4. The van der Waals surface area contributed by atoms with Gasteiger partial charge >= 0.3 is 0 Å². The maximum Gasteiger partial charge on any atom is 0.146 e. The van der Waals surface area contributed by atoms with Crippen molar-refractivity contribution in [3.8, 4) is 0 Å². The molecule has 92 valence electrons. The van der Waals surface area contributed by atoms with Crippen molar-refractivity contribution in [1.29, 1.82) is 0 Å². The molecule has 0 bridgehead atoms. The van der Waals surface area contributed by atoms with Crippen molar-refractivity contribution in [1.82, 2.24) is 9.88 Å². The zero-order valence-corrected chi connectivity index (χ0v) is 10.2. The average Bonchev–Trinajstić information content (AvgIpc) is 2.39. The molecule has 2 fully saturated rings. The number of hydrogen-bond donors (Lipinski definition) is 1. The summed E-state index contributed by atoms with van der Waals surface area (Å²) in [4.78, 5) is 9.21. The summed E-state index contributed by atoms with van der Waals surface area (Å²) in [6.45, 7) is 4.63. The molecule has 2 aliphatic heterocycles. The molecule has 0 amide bonds. The highest BCUT2D eigenvalue weighted by Crippen LogP contribution is 2.27. The summed E-state index contributed by atoms with van der Waals surface area (Å²) in [6, 6.07) is 4.77. The van der Waals surface area contributed by atoms with Gasteiger partial charge in [0, 0.05) is 31.9 Å². The van der Waals surface area contributed by atoms with Crippen LogP contribution in [0.5, 0.6) is 0 Å². The highest BCUT2D eigenvalue weighted by Gasteiger charge is 2.29. The standard InChI is InChI=1S/C13H20N4/c14-13-12(5-3-6-15-13)17-9-8-16-7-2-1-4-11(16)10-17/h3,5-6,11H,1-2,4,7-10H2,(H2,14,15). The minimum Gasteiger partial charge on any atom is -0.382 e. The van der Waals surface area contributed by atoms with Gasteiger partial charge in [0.1, 0.15) is 5.82 Å². The van der Waals surface area contributed by atoms with Crippen LogP contribution in [0.1, 0.15) is 19.3 Å². The maximum absolute atomic E-state index is 5.95. The van der Waals surface area contributed by atoms with E-state index in [0.717, 1.165) is 24.8 Å². The second-order valence-electron chi connectivity index (χ2n) is 5.04. The fourth-order valence-corrected chi connectivity index (χ4v) is 3.05. The Kier molecular flexibility index (Phi) is 2.89. The molecule has 1 atom stereocenters. The number of piperazine rings is 1. The quantitative estimate of drug-likeness (QED) is 0.793. The number of nitrogen functional groups attached to an aromatic ring is 1. The molecule has 0 saturated carbocycles. The molecule has 4 heteroatoms. The summed E-state index contributed by atoms with van der Waals surface area (Å²) in [5.74, 6) is 0.664. The molecule has 2 aliphatic rings. The van der Waals surface area contributed by atoms with Gasteiger partial charge in [-0.1, -0.05) is 6.42 Å². The van der Waals surface area contributed by atoms with Crippen LogP contribution in [0.2, 0.25) is 0 Å². The van der Waals surface area contributed by atoms with Gasteiger partial charge in [-0.2, -0.15) is 0 Å². The Morgan fingerprint density at radius 1 is 1.24 bits per heavy atom. The molecule has 1 unspecified atom stereocenters. The third-order valence-corrected chi connectivity index (χ3v) is 3.99. The normalized spacial score (nSPS) is 25.6. The second kappa shape index (κ2) is 4.53. The fourth-order valence-electron chi connectivity index (χ4n) is 3.05. The molecule has 17 heavy (non-hydrogen) atoms. The van der Waals surface area contributed by atoms with E-state index in [2.05, 4.69) is 20.9 Å². The largest absolute Gasteiger partial charge is 0.382 e. The van der Waals surface area contributed by atoms with Gasteiger partial charge in [-0.3, -0.25) is 4.90 Å². The minimum atomic E-state index is 0.664. The fraction of sp³-hybridized carbons (Fsp3) is 0.615. The number of rotatable bonds is 1. The molecule has 2 saturated heterocycles. The van der Waals surface area contributed by atoms with Crippen molar-refractivity contribution in [2.75, 3.05) is 36.8 Å². The topological polar surface area (TPSA) is 45.4 Å². The van der Waals surface area contributed by atoms with E-state index >= 15 is 0 Å². The zero-order chi connectivity index (χ0) is 11.7. The first-order valence-electron chi connectivity index (χ1n) is 6.54. The van der Waals surface area contributed by atoms with E-state index in [9.17, 15) is 0 Å². The first kappa shape index (κ1) is 10.8. The molecule has 3 heterocycles. The molecule has 1 aromatic heterocycles. The van der Waals surface area contributed by atoms with Crippen LogP contribution in [0.25, 0.3) is 0 Å². The zero-order valence-electron chi connectivity index (χ0n) is 10.2. The summed E-state index contributed by atoms with van der Waals surface area (Å²) in [5, 5.41) is 0. The molecular weight excluding hydrogens is 212 g/mol. The van der Waals surface area contributed by atoms with Gasteiger partial charge < -0.3 is 10.6 Å². The highest BCUT2D eigenvalue weighted by atomic mass is 15.3. The molecular formula is C13H20N4. The van der Waals surface area contributed by atoms with Crippen molar-refractivity contribution >= 4 is 11.5 Å². The number of pyridine rings is 1. The number of nitrogens with two attached hydrogens (primary N) is 1. The van der Waals surface area contributed by atoms with E-state index in [0.29, 0.717) is 5.82 Å². The van der Waals surface area contributed by atoms with E-state index in [4.69, 9.17) is 5.73 Å². The summed E-state index contributed by atoms with van der Waals surface area (Å²) in [6.07, 6.45) is 5.83. The van der Waals surface area contributed by atoms with Crippen LogP contribution in [0.3, 0.4) is 0 Å². The number of anilines is 2. The van der Waals surface area contributed by atoms with Gasteiger partial charge in [0.2, 0.25) is 0 Å². The van der Waals surface area contributed by atoms with E-state index in [-0.39, 0.29) is 0 Å². The van der Waals surface area contributed by atoms with E-state index in [1.54, 1.807) is 6.20 Å². The van der Waals surface area contributed by atoms with Crippen LogP contribution >= 0.6 is 0 Å². The molecule has 0 radical (unpaired) electrons. The Bertz CT molecular complexity index is 393. The minimum absolute atomic E-state index is 0.664. The van der Waals surface area contributed by atoms with Crippen LogP contribution in [-0.2, 0) is 0 Å². The SMILES string of the molecule is Nc1ncccc1N1CCN2CCCCC2C1. The smallest absolute Gasteiger partial charge is 0.146 e. The van der Waals surface area contributed by atoms with E-state index in [1.807, 2.05) is 6.07 Å². The van der Waals surface area contributed by atoms with Gasteiger partial charge in [0.15, 0.2) is 0 Å². The van der Waals surface area contributed by atoms with Gasteiger partial charge in [-0.25, -0.2) is 4.98 Å². The second-order valence-corrected chi connectivity index (χ2v) is 5.04. The average molecular weight is 232 g/mol. The van der Waals surface area contributed by atoms with Crippen LogP contribution in [0.4, 0.5) is 11.5 Å². The Hall–Kier alpha value is -1.29. The Balaban J connectivity index is 1.76. The molecule has 2 N–H and O–H groups in total. The first-order chi connectivity index (χ1) is 8.34. The van der Waals surface area contributed by atoms with Crippen molar-refractivity contribution in [2.45, 2.75) is 25.3 Å². The Morgan fingerprint density at radius 3 is 3.06 bits per heavy atom. The van der Waals surface area contributed by atoms with Crippen LogP contribution in [-0.4, -0.2) is 42.1 Å². The van der Waals surface area contributed by atoms with Crippen molar-refractivity contribution in [3.63, 3.8) is 0 Å². The molecule has 0 spiro atoms. The van der Waals surface area contributed by atoms with Crippen molar-refractivity contribution in [2.24, 2.45) is 0 Å². The van der Waals surface area contributed by atoms with E-state index < -0.39 is 0 Å². The number of fused-ring (bicyclic) bond motifs is 1. The lowest BCUT2D eigenvalue weighted by atomic mass is 9.99. The van der Waals surface area contributed by atoms with Gasteiger partial charge in [-0.15, -0.1) is 0 Å². The van der Waals surface area contributed by atoms with Gasteiger partial charge in [0.25, 0.3) is 0 Å². The lowest BCUT2D eigenvalue weighted by Crippen LogP contribution is -2.55. The predicted octanol–water partition coefficient (Wildman–Crippen LogP) is 1.34. The van der Waals surface area contributed by atoms with Crippen LogP contribution in [0, 0.1) is 0 Å². The summed E-state index contributed by atoms with van der Waals surface area (Å²) in [5.41, 5.74) is 7.06. The van der Waals surface area contributed by atoms with Crippen LogP contribution in [0.15, 0.2) is 18.3 Å². The molecule has 3 rings (SSSR count). The predicted molar refractivity (Wildman–Crippen MR) is 70.1 cm³/mol. The first-order valence-corrected chi connectivity index (χ1v) is 6.54. The van der Waals surface area contributed by atoms with Crippen molar-refractivity contribution < 1.29 is 0 Å². The lowest BCUT2D eigenvalue weighted by molar-refractivity contribution is 0.133. The van der Waals surface area contributed by atoms with Gasteiger partial charge in [0.05, 0.1) is 5.69 Å². The molecule has 4 nitrogen and oxygen atoms in total. The Labute approximate surface area is 102 Å². The lowest BCUT2D eigenvalue weighted by Gasteiger charge is -2.45. The summed E-state index contributed by atoms with van der Waals surface area (Å²) < 4.78 is 0. The number of aromatic nitrogens is 1. The highest BCUT2D eigenvalue weighted by molar-refractivity contribution is 5.63. The van der Waals surface area contributed by atoms with Crippen molar-refractivity contribution in [3.05, 3.63) is 18.3 Å². The molecule has 1 aromatic rings. The van der Waals surface area contributed by atoms with Gasteiger partial charge in [-0.05, 0) is 31.5 Å².